The summed E-state index contributed by atoms with van der Waals surface area (Å²) in [6.45, 7) is 6.99. The lowest BCUT2D eigenvalue weighted by Gasteiger charge is -2.18. The van der Waals surface area contributed by atoms with Crippen molar-refractivity contribution in [2.24, 2.45) is 11.8 Å². The highest BCUT2D eigenvalue weighted by atomic mass is 16.5. The second-order valence-corrected chi connectivity index (χ2v) is 7.88. The number of hydrogen-bond acceptors (Lipinski definition) is 4. The molecule has 0 radical (unpaired) electrons. The van der Waals surface area contributed by atoms with Crippen LogP contribution in [0.3, 0.4) is 0 Å². The average Bonchev–Trinajstić information content (AvgIpc) is 2.97. The van der Waals surface area contributed by atoms with Crippen LogP contribution in [0, 0.1) is 11.8 Å². The predicted octanol–water partition coefficient (Wildman–Crippen LogP) is 1.14. The van der Waals surface area contributed by atoms with Gasteiger partial charge in [0, 0.05) is 62.0 Å². The number of amides is 3. The van der Waals surface area contributed by atoms with E-state index in [-0.39, 0.29) is 35.8 Å². The number of likely N-dealkylation sites (tertiary alicyclic amines) is 1. The number of ether oxygens (including phenoxy) is 1. The van der Waals surface area contributed by atoms with E-state index in [9.17, 15) is 14.4 Å². The number of rotatable bonds is 3. The van der Waals surface area contributed by atoms with Crippen molar-refractivity contribution < 1.29 is 19.1 Å². The molecular formula is C20H25N3O4. The van der Waals surface area contributed by atoms with Crippen LogP contribution in [0.1, 0.15) is 53.0 Å². The average molecular weight is 371 g/mol. The van der Waals surface area contributed by atoms with Crippen LogP contribution in [-0.2, 0) is 4.79 Å². The van der Waals surface area contributed by atoms with Gasteiger partial charge in [-0.2, -0.15) is 0 Å². The van der Waals surface area contributed by atoms with E-state index in [4.69, 9.17) is 4.74 Å². The van der Waals surface area contributed by atoms with Crippen LogP contribution in [0.15, 0.2) is 12.1 Å². The van der Waals surface area contributed by atoms with Crippen LogP contribution >= 0.6 is 0 Å². The molecule has 2 heterocycles. The van der Waals surface area contributed by atoms with Gasteiger partial charge >= 0.3 is 0 Å². The van der Waals surface area contributed by atoms with Crippen molar-refractivity contribution in [2.45, 2.75) is 38.8 Å². The number of fused-ring (bicyclic) bond motifs is 2. The highest BCUT2D eigenvalue weighted by Gasteiger charge is 2.57. The van der Waals surface area contributed by atoms with E-state index >= 15 is 0 Å². The minimum Gasteiger partial charge on any atom is -0.489 e. The minimum absolute atomic E-state index is 0.0397. The topological polar surface area (TPSA) is 87.7 Å². The van der Waals surface area contributed by atoms with Gasteiger partial charge < -0.3 is 20.3 Å². The first-order valence-corrected chi connectivity index (χ1v) is 9.44. The molecule has 1 aromatic rings. The van der Waals surface area contributed by atoms with Gasteiger partial charge in [0.2, 0.25) is 5.91 Å². The Morgan fingerprint density at radius 3 is 2.37 bits per heavy atom. The lowest BCUT2D eigenvalue weighted by atomic mass is 9.94. The smallest absolute Gasteiger partial charge is 0.254 e. The first-order valence-electron chi connectivity index (χ1n) is 9.44. The Hall–Kier alpha value is -2.57. The van der Waals surface area contributed by atoms with E-state index in [0.717, 1.165) is 5.56 Å². The minimum atomic E-state index is -0.261. The molecule has 1 aromatic carbocycles. The zero-order valence-corrected chi connectivity index (χ0v) is 16.0. The summed E-state index contributed by atoms with van der Waals surface area (Å²) in [5.74, 6) is 1.02. The molecule has 5 atom stereocenters. The Morgan fingerprint density at radius 2 is 1.78 bits per heavy atom. The second kappa shape index (κ2) is 6.25. The van der Waals surface area contributed by atoms with Crippen molar-refractivity contribution in [2.75, 3.05) is 20.1 Å². The second-order valence-electron chi connectivity index (χ2n) is 7.88. The van der Waals surface area contributed by atoms with E-state index in [1.54, 1.807) is 20.0 Å². The molecule has 2 N–H and O–H groups in total. The molecule has 3 amide bonds. The number of benzene rings is 1. The molecule has 1 saturated heterocycles. The Kier molecular flexibility index (Phi) is 4.13. The molecule has 7 heteroatoms. The Balaban J connectivity index is 1.54. The summed E-state index contributed by atoms with van der Waals surface area (Å²) in [7, 11) is 1.56. The number of hydrogen-bond donors (Lipinski definition) is 2. The number of carbonyl (C=O) groups is 3. The molecular weight excluding hydrogens is 346 g/mol. The largest absolute Gasteiger partial charge is 0.489 e. The van der Waals surface area contributed by atoms with Gasteiger partial charge in [-0.05, 0) is 19.1 Å². The summed E-state index contributed by atoms with van der Waals surface area (Å²) in [4.78, 5) is 38.4. The molecule has 144 valence electrons. The zero-order valence-electron chi connectivity index (χ0n) is 16.0. The van der Waals surface area contributed by atoms with E-state index in [0.29, 0.717) is 41.8 Å². The molecule has 2 aliphatic heterocycles. The van der Waals surface area contributed by atoms with Crippen LogP contribution in [0.5, 0.6) is 5.75 Å². The molecule has 1 saturated carbocycles. The fourth-order valence-corrected chi connectivity index (χ4v) is 4.33. The standard InChI is InChI=1S/C20H25N3O4/c1-9-10(2)27-18-13(9)5-12(6-14(18)20(26)21-4)19(25)22-17-15-7-23(11(3)24)8-16(15)17/h5-6,9-10,15-17H,7-8H2,1-4H3,(H,21,26)(H,22,25)/t9-,10-,15-,16+,17+/m1/s1. The quantitative estimate of drug-likeness (QED) is 0.834. The van der Waals surface area contributed by atoms with E-state index in [2.05, 4.69) is 10.6 Å². The molecule has 7 nitrogen and oxygen atoms in total. The third-order valence-corrected chi connectivity index (χ3v) is 6.29. The normalized spacial score (nSPS) is 30.2. The molecule has 0 unspecified atom stereocenters. The summed E-state index contributed by atoms with van der Waals surface area (Å²) >= 11 is 0. The molecule has 1 aliphatic carbocycles. The van der Waals surface area contributed by atoms with Gasteiger partial charge in [0.05, 0.1) is 5.56 Å². The van der Waals surface area contributed by atoms with Crippen molar-refractivity contribution >= 4 is 17.7 Å². The number of carbonyl (C=O) groups excluding carboxylic acids is 3. The monoisotopic (exact) mass is 371 g/mol. The fraction of sp³-hybridized carbons (Fsp3) is 0.550. The Morgan fingerprint density at radius 1 is 1.11 bits per heavy atom. The predicted molar refractivity (Wildman–Crippen MR) is 98.8 cm³/mol. The van der Waals surface area contributed by atoms with Crippen LogP contribution < -0.4 is 15.4 Å². The van der Waals surface area contributed by atoms with Crippen molar-refractivity contribution in [3.05, 3.63) is 28.8 Å². The van der Waals surface area contributed by atoms with Crippen molar-refractivity contribution in [3.8, 4) is 5.75 Å². The third-order valence-electron chi connectivity index (χ3n) is 6.29. The van der Waals surface area contributed by atoms with Gasteiger partial charge in [-0.25, -0.2) is 0 Å². The lowest BCUT2D eigenvalue weighted by molar-refractivity contribution is -0.128. The number of nitrogens with one attached hydrogen (secondary N) is 2. The molecule has 2 fully saturated rings. The van der Waals surface area contributed by atoms with Crippen LogP contribution in [0.25, 0.3) is 0 Å². The Labute approximate surface area is 158 Å². The summed E-state index contributed by atoms with van der Waals surface area (Å²) in [6, 6.07) is 3.56. The third kappa shape index (κ3) is 2.85. The van der Waals surface area contributed by atoms with Gasteiger partial charge in [-0.3, -0.25) is 14.4 Å². The number of nitrogens with zero attached hydrogens (tertiary/aromatic N) is 1. The summed E-state index contributed by atoms with van der Waals surface area (Å²) < 4.78 is 5.87. The fourth-order valence-electron chi connectivity index (χ4n) is 4.33. The maximum absolute atomic E-state index is 12.8. The summed E-state index contributed by atoms with van der Waals surface area (Å²) in [5, 5.41) is 5.70. The van der Waals surface area contributed by atoms with E-state index in [1.165, 1.54) is 0 Å². The summed E-state index contributed by atoms with van der Waals surface area (Å²) in [5.41, 5.74) is 1.77. The summed E-state index contributed by atoms with van der Waals surface area (Å²) in [6.07, 6.45) is -0.0397. The molecule has 3 aliphatic rings. The Bertz CT molecular complexity index is 825. The zero-order chi connectivity index (χ0) is 19.5. The van der Waals surface area contributed by atoms with E-state index in [1.807, 2.05) is 24.8 Å². The highest BCUT2D eigenvalue weighted by molar-refractivity contribution is 6.02. The molecule has 0 aromatic heterocycles. The highest BCUT2D eigenvalue weighted by Crippen LogP contribution is 2.46. The molecule has 0 spiro atoms. The van der Waals surface area contributed by atoms with Crippen LogP contribution in [0.4, 0.5) is 0 Å². The number of piperidine rings is 1. The first kappa shape index (κ1) is 17.8. The molecule has 0 bridgehead atoms. The van der Waals surface area contributed by atoms with Crippen molar-refractivity contribution in [1.82, 2.24) is 15.5 Å². The van der Waals surface area contributed by atoms with Crippen molar-refractivity contribution in [1.29, 1.82) is 0 Å². The lowest BCUT2D eigenvalue weighted by Crippen LogP contribution is -2.36. The van der Waals surface area contributed by atoms with Gasteiger partial charge in [0.25, 0.3) is 11.8 Å². The molecule has 4 rings (SSSR count). The van der Waals surface area contributed by atoms with Gasteiger partial charge in [0.1, 0.15) is 11.9 Å². The van der Waals surface area contributed by atoms with Crippen LogP contribution in [-0.4, -0.2) is 54.9 Å². The maximum atomic E-state index is 12.8. The maximum Gasteiger partial charge on any atom is 0.254 e. The molecule has 27 heavy (non-hydrogen) atoms. The van der Waals surface area contributed by atoms with Gasteiger partial charge in [-0.1, -0.05) is 6.92 Å². The SMILES string of the molecule is CNC(=O)c1cc(C(=O)N[C@H]2[C@@H]3CN(C(C)=O)C[C@@H]32)cc2c1O[C@H](C)[C@H]2C. The van der Waals surface area contributed by atoms with Crippen molar-refractivity contribution in [3.63, 3.8) is 0 Å². The van der Waals surface area contributed by atoms with Crippen LogP contribution in [0.2, 0.25) is 0 Å². The van der Waals surface area contributed by atoms with E-state index < -0.39 is 0 Å². The van der Waals surface area contributed by atoms with Gasteiger partial charge in [-0.15, -0.1) is 0 Å². The first-order chi connectivity index (χ1) is 12.8. The van der Waals surface area contributed by atoms with Gasteiger partial charge in [0.15, 0.2) is 0 Å².